The third-order valence-corrected chi connectivity index (χ3v) is 4.04. The van der Waals surface area contributed by atoms with Crippen LogP contribution in [0.1, 0.15) is 12.8 Å². The van der Waals surface area contributed by atoms with Gasteiger partial charge in [0.2, 0.25) is 7.37 Å². The molecule has 0 aliphatic heterocycles. The average Bonchev–Trinajstić information content (AvgIpc) is 2.12. The van der Waals surface area contributed by atoms with E-state index < -0.39 is 37.8 Å². The molecule has 0 bridgehead atoms. The summed E-state index contributed by atoms with van der Waals surface area (Å²) in [5.41, 5.74) is 3.49. The third-order valence-electron chi connectivity index (χ3n) is 2.01. The lowest BCUT2D eigenvalue weighted by molar-refractivity contribution is -0.367. The van der Waals surface area contributed by atoms with E-state index in [9.17, 15) is 29.3 Å². The highest BCUT2D eigenvalue weighted by Gasteiger charge is 2.24. The summed E-state index contributed by atoms with van der Waals surface area (Å²) in [6, 6.07) is 0. The number of carbonyl (C=O) groups is 2. The molecule has 7 nitrogen and oxygen atoms in total. The fourth-order valence-electron chi connectivity index (χ4n) is 1.22. The normalized spacial score (nSPS) is 16.4. The summed E-state index contributed by atoms with van der Waals surface area (Å²) < 4.78 is 11.5. The Hall–Kier alpha value is -0.910. The maximum Gasteiger partial charge on any atom is 0.201 e. The maximum absolute atomic E-state index is 11.5. The van der Waals surface area contributed by atoms with Crippen LogP contribution in [0.3, 0.4) is 0 Å². The van der Waals surface area contributed by atoms with Crippen LogP contribution >= 0.6 is 7.37 Å². The first-order valence-corrected chi connectivity index (χ1v) is 6.82. The van der Waals surface area contributed by atoms with E-state index in [2.05, 4.69) is 5.73 Å². The van der Waals surface area contributed by atoms with Crippen LogP contribution in [0.5, 0.6) is 0 Å². The van der Waals surface area contributed by atoms with Crippen LogP contribution in [-0.2, 0) is 14.2 Å². The fraction of sp³-hybridized carbons (Fsp3) is 0.750. The van der Waals surface area contributed by atoms with Crippen molar-refractivity contribution in [2.75, 3.05) is 18.9 Å². The van der Waals surface area contributed by atoms with Crippen molar-refractivity contribution in [1.82, 2.24) is 0 Å². The van der Waals surface area contributed by atoms with Gasteiger partial charge in [-0.1, -0.05) is 0 Å². The Morgan fingerprint density at radius 2 is 1.94 bits per heavy atom. The molecule has 0 aromatic rings. The number of carbonyl (C=O) groups excluding carboxylic acids is 2. The number of hydrogen-bond acceptors (Lipinski definition) is 5. The van der Waals surface area contributed by atoms with Crippen molar-refractivity contribution < 1.29 is 35.0 Å². The van der Waals surface area contributed by atoms with Gasteiger partial charge in [0, 0.05) is 36.6 Å². The van der Waals surface area contributed by atoms with E-state index in [0.717, 1.165) is 0 Å². The highest BCUT2D eigenvalue weighted by Crippen LogP contribution is 2.43. The van der Waals surface area contributed by atoms with Gasteiger partial charge in [-0.25, -0.2) is 0 Å². The molecule has 0 aromatic heterocycles. The number of hydrogen-bond donors (Lipinski definition) is 2. The van der Waals surface area contributed by atoms with Gasteiger partial charge in [0.1, 0.15) is 0 Å². The first-order valence-electron chi connectivity index (χ1n) is 4.79. The van der Waals surface area contributed by atoms with Crippen LogP contribution in [0.2, 0.25) is 0 Å². The smallest absolute Gasteiger partial charge is 0.201 e. The standard InChI is InChI=1S/C8H16NO6P/c9-2-1-3-16(14,15)5-6(8(12)13)4-7(10)11/h6H,1-5,9H2,(H,10,11)(H,12,13)(H,14,15)/p-1/t6-/m1/s1. The summed E-state index contributed by atoms with van der Waals surface area (Å²) in [5, 5.41) is 20.8. The van der Waals surface area contributed by atoms with Gasteiger partial charge in [-0.15, -0.1) is 0 Å². The lowest BCUT2D eigenvalue weighted by atomic mass is 10.1. The predicted molar refractivity (Wildman–Crippen MR) is 50.1 cm³/mol. The Balaban J connectivity index is 4.43. The van der Waals surface area contributed by atoms with E-state index in [0.29, 0.717) is 13.0 Å². The van der Waals surface area contributed by atoms with Crippen LogP contribution in [0.15, 0.2) is 0 Å². The molecule has 1 unspecified atom stereocenters. The van der Waals surface area contributed by atoms with E-state index in [4.69, 9.17) is 0 Å². The molecule has 0 aliphatic rings. The molecule has 0 aliphatic carbocycles. The zero-order chi connectivity index (χ0) is 12.8. The molecular formula is C8H15NO6P-. The highest BCUT2D eigenvalue weighted by molar-refractivity contribution is 7.58. The minimum absolute atomic E-state index is 0.0622. The van der Waals surface area contributed by atoms with E-state index in [1.807, 2.05) is 0 Å². The number of quaternary nitrogens is 1. The molecule has 0 aromatic carbocycles. The van der Waals surface area contributed by atoms with Gasteiger partial charge in [-0.3, -0.25) is 4.57 Å². The largest absolute Gasteiger partial charge is 0.550 e. The van der Waals surface area contributed by atoms with Crippen molar-refractivity contribution in [3.63, 3.8) is 0 Å². The van der Waals surface area contributed by atoms with Gasteiger partial charge < -0.3 is 30.4 Å². The third kappa shape index (κ3) is 6.55. The van der Waals surface area contributed by atoms with Crippen LogP contribution in [0.25, 0.3) is 0 Å². The molecule has 0 spiro atoms. The van der Waals surface area contributed by atoms with Gasteiger partial charge in [0.05, 0.1) is 6.54 Å². The zero-order valence-corrected chi connectivity index (χ0v) is 9.65. The monoisotopic (exact) mass is 252 g/mol. The van der Waals surface area contributed by atoms with Gasteiger partial charge in [0.25, 0.3) is 0 Å². The van der Waals surface area contributed by atoms with Crippen molar-refractivity contribution in [3.05, 3.63) is 0 Å². The summed E-state index contributed by atoms with van der Waals surface area (Å²) in [6.45, 7) is 0.459. The molecule has 0 saturated carbocycles. The summed E-state index contributed by atoms with van der Waals surface area (Å²) in [5.74, 6) is -4.70. The van der Waals surface area contributed by atoms with Crippen molar-refractivity contribution in [1.29, 1.82) is 0 Å². The second-order valence-electron chi connectivity index (χ2n) is 3.55. The Labute approximate surface area is 92.7 Å². The minimum atomic E-state index is -3.63. The Bertz CT molecular complexity index is 305. The summed E-state index contributed by atoms with van der Waals surface area (Å²) >= 11 is 0. The predicted octanol–water partition coefficient (Wildman–Crippen LogP) is -3.61. The van der Waals surface area contributed by atoms with E-state index in [1.54, 1.807) is 0 Å². The van der Waals surface area contributed by atoms with Crippen molar-refractivity contribution in [2.45, 2.75) is 12.8 Å². The molecule has 0 fully saturated rings. The van der Waals surface area contributed by atoms with Crippen molar-refractivity contribution >= 4 is 19.3 Å². The van der Waals surface area contributed by atoms with Crippen molar-refractivity contribution in [3.8, 4) is 0 Å². The number of carboxylic acids is 2. The maximum atomic E-state index is 11.5. The topological polar surface area (TPSA) is 145 Å². The summed E-state index contributed by atoms with van der Waals surface area (Å²) in [6.07, 6.45) is -1.08. The Kier molecular flexibility index (Phi) is 6.25. The minimum Gasteiger partial charge on any atom is -0.550 e. The quantitative estimate of drug-likeness (QED) is 0.427. The van der Waals surface area contributed by atoms with Crippen LogP contribution in [0.4, 0.5) is 0 Å². The molecule has 4 N–H and O–H groups in total. The SMILES string of the molecule is [NH3+]CCCP(=O)(O)C[C@@H](CC(=O)[O-])C(=O)[O-]. The van der Waals surface area contributed by atoms with Crippen LogP contribution < -0.4 is 15.9 Å². The molecule has 0 rings (SSSR count). The lowest BCUT2D eigenvalue weighted by Crippen LogP contribution is -2.50. The van der Waals surface area contributed by atoms with Gasteiger partial charge >= 0.3 is 0 Å². The van der Waals surface area contributed by atoms with Gasteiger partial charge in [-0.2, -0.15) is 0 Å². The Morgan fingerprint density at radius 1 is 1.38 bits per heavy atom. The molecule has 94 valence electrons. The molecule has 8 heteroatoms. The molecule has 2 atom stereocenters. The van der Waals surface area contributed by atoms with E-state index in [-0.39, 0.29) is 6.16 Å². The summed E-state index contributed by atoms with van der Waals surface area (Å²) in [7, 11) is -3.63. The van der Waals surface area contributed by atoms with Crippen LogP contribution in [-0.4, -0.2) is 35.7 Å². The molecule has 0 heterocycles. The van der Waals surface area contributed by atoms with Crippen molar-refractivity contribution in [2.24, 2.45) is 5.92 Å². The molecule has 0 saturated heterocycles. The first-order chi connectivity index (χ1) is 7.28. The number of carboxylic acid groups (broad SMARTS) is 2. The lowest BCUT2D eigenvalue weighted by Gasteiger charge is -2.21. The Morgan fingerprint density at radius 3 is 2.31 bits per heavy atom. The molecular weight excluding hydrogens is 237 g/mol. The average molecular weight is 252 g/mol. The second-order valence-corrected chi connectivity index (χ2v) is 6.06. The van der Waals surface area contributed by atoms with E-state index in [1.165, 1.54) is 0 Å². The van der Waals surface area contributed by atoms with Gasteiger partial charge in [-0.05, 0) is 6.42 Å². The second kappa shape index (κ2) is 6.62. The number of rotatable bonds is 8. The fourth-order valence-corrected chi connectivity index (χ4v) is 3.09. The zero-order valence-electron chi connectivity index (χ0n) is 8.76. The molecule has 16 heavy (non-hydrogen) atoms. The highest BCUT2D eigenvalue weighted by atomic mass is 31.2. The van der Waals surface area contributed by atoms with Gasteiger partial charge in [0.15, 0.2) is 0 Å². The molecule has 0 amide bonds. The summed E-state index contributed by atoms with van der Waals surface area (Å²) in [4.78, 5) is 30.2. The number of aliphatic carboxylic acids is 2. The van der Waals surface area contributed by atoms with E-state index >= 15 is 0 Å². The first kappa shape index (κ1) is 15.1. The molecule has 0 radical (unpaired) electrons. The van der Waals surface area contributed by atoms with Crippen LogP contribution in [0, 0.1) is 5.92 Å².